The van der Waals surface area contributed by atoms with E-state index in [4.69, 9.17) is 4.74 Å². The Morgan fingerprint density at radius 3 is 2.89 bits per heavy atom. The molecule has 2 N–H and O–H groups in total. The molecule has 0 aliphatic carbocycles. The molecule has 1 aromatic carbocycles. The van der Waals surface area contributed by atoms with Crippen molar-refractivity contribution in [1.29, 1.82) is 0 Å². The van der Waals surface area contributed by atoms with Crippen LogP contribution in [0, 0.1) is 16.0 Å². The van der Waals surface area contributed by atoms with Gasteiger partial charge in [-0.2, -0.15) is 5.10 Å². The van der Waals surface area contributed by atoms with Crippen molar-refractivity contribution in [3.8, 4) is 5.75 Å². The Morgan fingerprint density at radius 2 is 2.26 bits per heavy atom. The van der Waals surface area contributed by atoms with Crippen LogP contribution in [-0.2, 0) is 18.4 Å². The number of nitro groups is 1. The number of hydrogen-bond donors (Lipinski definition) is 2. The number of nitrogens with one attached hydrogen (secondary N) is 2. The summed E-state index contributed by atoms with van der Waals surface area (Å²) in [5.41, 5.74) is 1.56. The van der Waals surface area contributed by atoms with Gasteiger partial charge in [-0.1, -0.05) is 6.07 Å². The number of rotatable bonds is 6. The number of carbonyl (C=O) groups excluding carboxylic acids is 1. The lowest BCUT2D eigenvalue weighted by molar-refractivity contribution is -0.385. The Bertz CT molecular complexity index is 825. The van der Waals surface area contributed by atoms with Crippen LogP contribution in [0.15, 0.2) is 30.6 Å². The minimum atomic E-state index is -0.497. The molecule has 9 nitrogen and oxygen atoms in total. The highest BCUT2D eigenvalue weighted by Crippen LogP contribution is 2.29. The Hall–Kier alpha value is -2.65. The lowest BCUT2D eigenvalue weighted by Crippen LogP contribution is -2.33. The topological polar surface area (TPSA) is 111 Å². The van der Waals surface area contributed by atoms with Gasteiger partial charge in [0.25, 0.3) is 0 Å². The fourth-order valence-corrected chi connectivity index (χ4v) is 3.24. The van der Waals surface area contributed by atoms with E-state index in [2.05, 4.69) is 15.7 Å². The number of amides is 1. The average Bonchev–Trinajstić information content (AvgIpc) is 3.28. The summed E-state index contributed by atoms with van der Waals surface area (Å²) in [6.45, 7) is 1.53. The molecule has 1 saturated heterocycles. The smallest absolute Gasteiger partial charge is 0.311 e. The van der Waals surface area contributed by atoms with Crippen LogP contribution in [0.1, 0.15) is 17.0 Å². The Morgan fingerprint density at radius 1 is 1.48 bits per heavy atom. The number of aromatic nitrogens is 2. The summed E-state index contributed by atoms with van der Waals surface area (Å²) in [5.74, 6) is -0.0228. The first kappa shape index (κ1) is 20.7. The Balaban J connectivity index is 0.00000261. The number of halogens is 1. The van der Waals surface area contributed by atoms with Crippen molar-refractivity contribution in [2.24, 2.45) is 13.0 Å². The molecule has 2 aromatic rings. The van der Waals surface area contributed by atoms with E-state index in [1.165, 1.54) is 19.2 Å². The zero-order valence-electron chi connectivity index (χ0n) is 15.0. The van der Waals surface area contributed by atoms with Crippen molar-refractivity contribution in [3.05, 3.63) is 51.8 Å². The fourth-order valence-electron chi connectivity index (χ4n) is 3.24. The van der Waals surface area contributed by atoms with Crippen LogP contribution in [0.25, 0.3) is 0 Å². The van der Waals surface area contributed by atoms with Gasteiger partial charge in [-0.15, -0.1) is 12.4 Å². The fraction of sp³-hybridized carbons (Fsp3) is 0.412. The van der Waals surface area contributed by atoms with Crippen molar-refractivity contribution in [3.63, 3.8) is 0 Å². The molecule has 3 rings (SSSR count). The normalized spacial score (nSPS) is 18.6. The zero-order chi connectivity index (χ0) is 18.7. The second kappa shape index (κ2) is 8.83. The molecule has 146 valence electrons. The van der Waals surface area contributed by atoms with Crippen LogP contribution >= 0.6 is 12.4 Å². The first-order valence-electron chi connectivity index (χ1n) is 8.28. The maximum atomic E-state index is 12.6. The standard InChI is InChI=1S/C17H21N5O4.ClH/c1-21-10-12(7-20-21)13-8-18-9-14(13)17(23)19-6-11-3-4-16(26-2)15(5-11)22(24)25;/h3-5,7,10,13-14,18H,6,8-9H2,1-2H3,(H,19,23);1H/t13-,14+;/m1./s1. The molecule has 0 radical (unpaired) electrons. The van der Waals surface area contributed by atoms with Crippen molar-refractivity contribution in [2.45, 2.75) is 12.5 Å². The van der Waals surface area contributed by atoms with Gasteiger partial charge < -0.3 is 15.4 Å². The number of aryl methyl sites for hydroxylation is 1. The van der Waals surface area contributed by atoms with Crippen LogP contribution in [0.2, 0.25) is 0 Å². The van der Waals surface area contributed by atoms with Crippen LogP contribution < -0.4 is 15.4 Å². The largest absolute Gasteiger partial charge is 0.490 e. The minimum absolute atomic E-state index is 0. The van der Waals surface area contributed by atoms with Crippen molar-refractivity contribution in [2.75, 3.05) is 20.2 Å². The first-order chi connectivity index (χ1) is 12.5. The summed E-state index contributed by atoms with van der Waals surface area (Å²) in [4.78, 5) is 23.2. The van der Waals surface area contributed by atoms with Gasteiger partial charge in [-0.05, 0) is 17.2 Å². The number of nitrogens with zero attached hydrogens (tertiary/aromatic N) is 3. The highest BCUT2D eigenvalue weighted by Gasteiger charge is 2.34. The summed E-state index contributed by atoms with van der Waals surface area (Å²) in [5, 5.41) is 21.4. The quantitative estimate of drug-likeness (QED) is 0.564. The minimum Gasteiger partial charge on any atom is -0.490 e. The average molecular weight is 396 g/mol. The third-order valence-corrected chi connectivity index (χ3v) is 4.61. The Kier molecular flexibility index (Phi) is 6.75. The summed E-state index contributed by atoms with van der Waals surface area (Å²) in [6, 6.07) is 4.66. The van der Waals surface area contributed by atoms with E-state index >= 15 is 0 Å². The van der Waals surface area contributed by atoms with Crippen LogP contribution in [0.3, 0.4) is 0 Å². The molecule has 1 aromatic heterocycles. The lowest BCUT2D eigenvalue weighted by Gasteiger charge is -2.17. The number of methoxy groups -OCH3 is 1. The molecular weight excluding hydrogens is 374 g/mol. The van der Waals surface area contributed by atoms with Gasteiger partial charge in [0.2, 0.25) is 5.91 Å². The number of nitro benzene ring substituents is 1. The van der Waals surface area contributed by atoms with Gasteiger partial charge in [0.05, 0.1) is 24.1 Å². The third-order valence-electron chi connectivity index (χ3n) is 4.61. The first-order valence-corrected chi connectivity index (χ1v) is 8.28. The predicted molar refractivity (Wildman–Crippen MR) is 101 cm³/mol. The van der Waals surface area contributed by atoms with E-state index in [9.17, 15) is 14.9 Å². The van der Waals surface area contributed by atoms with E-state index in [0.717, 1.165) is 12.1 Å². The highest BCUT2D eigenvalue weighted by molar-refractivity contribution is 5.85. The van der Waals surface area contributed by atoms with Crippen LogP contribution in [-0.4, -0.2) is 40.8 Å². The second-order valence-electron chi connectivity index (χ2n) is 6.30. The van der Waals surface area contributed by atoms with Crippen molar-refractivity contribution in [1.82, 2.24) is 20.4 Å². The van der Waals surface area contributed by atoms with Gasteiger partial charge in [0, 0.05) is 44.9 Å². The third kappa shape index (κ3) is 4.55. The Labute approximate surface area is 162 Å². The van der Waals surface area contributed by atoms with Crippen molar-refractivity contribution < 1.29 is 14.5 Å². The molecular formula is C17H22ClN5O4. The monoisotopic (exact) mass is 395 g/mol. The highest BCUT2D eigenvalue weighted by atomic mass is 35.5. The van der Waals surface area contributed by atoms with Crippen LogP contribution in [0.5, 0.6) is 5.75 Å². The van der Waals surface area contributed by atoms with Gasteiger partial charge >= 0.3 is 5.69 Å². The molecule has 27 heavy (non-hydrogen) atoms. The molecule has 10 heteroatoms. The lowest BCUT2D eigenvalue weighted by atomic mass is 9.90. The molecule has 2 heterocycles. The molecule has 1 amide bonds. The molecule has 1 aliphatic rings. The summed E-state index contributed by atoms with van der Waals surface area (Å²) in [6.07, 6.45) is 3.70. The summed E-state index contributed by atoms with van der Waals surface area (Å²) >= 11 is 0. The zero-order valence-corrected chi connectivity index (χ0v) is 15.9. The maximum Gasteiger partial charge on any atom is 0.311 e. The van der Waals surface area contributed by atoms with E-state index < -0.39 is 4.92 Å². The van der Waals surface area contributed by atoms with Crippen molar-refractivity contribution >= 4 is 24.0 Å². The number of hydrogen-bond acceptors (Lipinski definition) is 6. The van der Waals surface area contributed by atoms with Gasteiger partial charge in [0.1, 0.15) is 0 Å². The molecule has 0 saturated carbocycles. The summed E-state index contributed by atoms with van der Waals surface area (Å²) < 4.78 is 6.71. The second-order valence-corrected chi connectivity index (χ2v) is 6.30. The van der Waals surface area contributed by atoms with Gasteiger partial charge in [0.15, 0.2) is 5.75 Å². The van der Waals surface area contributed by atoms with E-state index in [1.807, 2.05) is 13.2 Å². The number of carbonyl (C=O) groups is 1. The molecule has 0 spiro atoms. The molecule has 1 aliphatic heterocycles. The molecule has 2 atom stereocenters. The maximum absolute atomic E-state index is 12.6. The van der Waals surface area contributed by atoms with E-state index in [-0.39, 0.29) is 48.1 Å². The van der Waals surface area contributed by atoms with Gasteiger partial charge in [-0.25, -0.2) is 0 Å². The predicted octanol–water partition coefficient (Wildman–Crippen LogP) is 1.38. The van der Waals surface area contributed by atoms with E-state index in [1.54, 1.807) is 16.9 Å². The van der Waals surface area contributed by atoms with E-state index in [0.29, 0.717) is 12.1 Å². The number of benzene rings is 1. The molecule has 1 fully saturated rings. The van der Waals surface area contributed by atoms with Crippen LogP contribution in [0.4, 0.5) is 5.69 Å². The molecule has 0 bridgehead atoms. The molecule has 0 unspecified atom stereocenters. The number of ether oxygens (including phenoxy) is 1. The van der Waals surface area contributed by atoms with Gasteiger partial charge in [-0.3, -0.25) is 19.6 Å². The summed E-state index contributed by atoms with van der Waals surface area (Å²) in [7, 11) is 3.23. The SMILES string of the molecule is COc1ccc(CNC(=O)[C@H]2CNC[C@@H]2c2cnn(C)c2)cc1[N+](=O)[O-].Cl.